The van der Waals surface area contributed by atoms with Crippen LogP contribution in [0.2, 0.25) is 5.02 Å². The quantitative estimate of drug-likeness (QED) is 0.651. The van der Waals surface area contributed by atoms with Crippen molar-refractivity contribution in [1.82, 2.24) is 0 Å². The minimum absolute atomic E-state index is 0.241. The molecule has 0 heterocycles. The maximum atomic E-state index is 12.4. The van der Waals surface area contributed by atoms with Gasteiger partial charge in [-0.3, -0.25) is 9.59 Å². The molecule has 1 aromatic carbocycles. The van der Waals surface area contributed by atoms with Crippen LogP contribution in [0.3, 0.4) is 0 Å². The fraction of sp³-hybridized carbons (Fsp3) is 0.312. The Morgan fingerprint density at radius 1 is 1.22 bits per heavy atom. The Bertz CT molecular complexity index is 670. The first-order valence-corrected chi connectivity index (χ1v) is 7.38. The summed E-state index contributed by atoms with van der Waals surface area (Å²) in [7, 11) is 1.25. The third kappa shape index (κ3) is 3.90. The summed E-state index contributed by atoms with van der Waals surface area (Å²) >= 11 is 6.03. The number of hydrogen-bond acceptors (Lipinski definition) is 4. The fourth-order valence-electron chi connectivity index (χ4n) is 2.47. The highest BCUT2D eigenvalue weighted by atomic mass is 35.5. The third-order valence-corrected chi connectivity index (χ3v) is 4.06. The van der Waals surface area contributed by atoms with Gasteiger partial charge in [-0.2, -0.15) is 0 Å². The molecule has 1 amide bonds. The first-order valence-electron chi connectivity index (χ1n) is 7.00. The van der Waals surface area contributed by atoms with Crippen LogP contribution < -0.4 is 5.32 Å². The number of ether oxygens (including phenoxy) is 1. The van der Waals surface area contributed by atoms with E-state index >= 15 is 0 Å². The van der Waals surface area contributed by atoms with Gasteiger partial charge in [0.15, 0.2) is 0 Å². The number of halogens is 1. The second kappa shape index (κ2) is 7.28. The van der Waals surface area contributed by atoms with Crippen molar-refractivity contribution < 1.29 is 24.2 Å². The number of hydrogen-bond donors (Lipinski definition) is 2. The van der Waals surface area contributed by atoms with Crippen molar-refractivity contribution in [1.29, 1.82) is 0 Å². The summed E-state index contributed by atoms with van der Waals surface area (Å²) in [6.45, 7) is 0. The number of carboxylic acids is 1. The zero-order valence-electron chi connectivity index (χ0n) is 12.4. The average molecular weight is 338 g/mol. The molecule has 122 valence electrons. The molecule has 23 heavy (non-hydrogen) atoms. The summed E-state index contributed by atoms with van der Waals surface area (Å²) in [5, 5.41) is 12.1. The lowest BCUT2D eigenvalue weighted by molar-refractivity contribution is -0.146. The van der Waals surface area contributed by atoms with E-state index in [0.29, 0.717) is 12.8 Å². The third-order valence-electron chi connectivity index (χ3n) is 3.73. The van der Waals surface area contributed by atoms with Gasteiger partial charge in [0, 0.05) is 0 Å². The summed E-state index contributed by atoms with van der Waals surface area (Å²) in [6, 6.07) is 4.35. The molecule has 0 aliphatic heterocycles. The summed E-state index contributed by atoms with van der Waals surface area (Å²) in [6.07, 6.45) is 4.20. The molecule has 2 N–H and O–H groups in total. The van der Waals surface area contributed by atoms with Gasteiger partial charge >= 0.3 is 11.9 Å². The highest BCUT2D eigenvalue weighted by Crippen LogP contribution is 2.29. The van der Waals surface area contributed by atoms with E-state index in [1.165, 1.54) is 25.3 Å². The Labute approximate surface area is 138 Å². The lowest BCUT2D eigenvalue weighted by atomic mass is 9.82. The number of methoxy groups -OCH3 is 1. The van der Waals surface area contributed by atoms with Gasteiger partial charge in [-0.25, -0.2) is 4.79 Å². The number of anilines is 1. The average Bonchev–Trinajstić information content (AvgIpc) is 2.56. The fourth-order valence-corrected chi connectivity index (χ4v) is 2.63. The van der Waals surface area contributed by atoms with E-state index in [1.54, 1.807) is 12.2 Å². The molecular formula is C16H16ClNO5. The van der Waals surface area contributed by atoms with Crippen LogP contribution in [0.1, 0.15) is 23.2 Å². The van der Waals surface area contributed by atoms with E-state index in [-0.39, 0.29) is 16.3 Å². The first-order chi connectivity index (χ1) is 10.9. The highest BCUT2D eigenvalue weighted by Gasteiger charge is 2.34. The molecular weight excluding hydrogens is 322 g/mol. The predicted molar refractivity (Wildman–Crippen MR) is 84.4 cm³/mol. The van der Waals surface area contributed by atoms with Crippen molar-refractivity contribution in [3.63, 3.8) is 0 Å². The molecule has 0 bridgehead atoms. The van der Waals surface area contributed by atoms with Crippen LogP contribution in [0, 0.1) is 11.8 Å². The van der Waals surface area contributed by atoms with E-state index in [9.17, 15) is 19.5 Å². The number of carboxylic acid groups (broad SMARTS) is 1. The van der Waals surface area contributed by atoms with E-state index < -0.39 is 29.7 Å². The molecule has 1 aromatic rings. The second-order valence-electron chi connectivity index (χ2n) is 5.17. The number of allylic oxidation sites excluding steroid dienone is 2. The van der Waals surface area contributed by atoms with Crippen molar-refractivity contribution in [3.8, 4) is 0 Å². The number of esters is 1. The van der Waals surface area contributed by atoms with Crippen LogP contribution in [0.4, 0.5) is 5.69 Å². The minimum Gasteiger partial charge on any atom is -0.481 e. The number of aliphatic carboxylic acids is 1. The maximum absolute atomic E-state index is 12.4. The van der Waals surface area contributed by atoms with Crippen LogP contribution in [0.5, 0.6) is 0 Å². The monoisotopic (exact) mass is 337 g/mol. The molecule has 0 aromatic heterocycles. The summed E-state index contributed by atoms with van der Waals surface area (Å²) in [5.41, 5.74) is 0.490. The van der Waals surface area contributed by atoms with Gasteiger partial charge in [0.25, 0.3) is 0 Å². The number of carbonyl (C=O) groups is 3. The predicted octanol–water partition coefficient (Wildman–Crippen LogP) is 2.73. The Hall–Kier alpha value is -2.34. The van der Waals surface area contributed by atoms with E-state index in [0.717, 1.165) is 0 Å². The molecule has 6 nitrogen and oxygen atoms in total. The van der Waals surface area contributed by atoms with E-state index in [1.807, 2.05) is 0 Å². The molecule has 1 aliphatic carbocycles. The van der Waals surface area contributed by atoms with Gasteiger partial charge in [0.05, 0.1) is 35.2 Å². The summed E-state index contributed by atoms with van der Waals surface area (Å²) in [4.78, 5) is 35.2. The van der Waals surface area contributed by atoms with Crippen molar-refractivity contribution in [2.75, 3.05) is 12.4 Å². The Balaban J connectivity index is 2.21. The molecule has 0 spiro atoms. The van der Waals surface area contributed by atoms with Gasteiger partial charge in [-0.15, -0.1) is 0 Å². The van der Waals surface area contributed by atoms with Gasteiger partial charge in [-0.1, -0.05) is 23.8 Å². The molecule has 0 radical (unpaired) electrons. The van der Waals surface area contributed by atoms with Gasteiger partial charge in [0.2, 0.25) is 5.91 Å². The molecule has 0 unspecified atom stereocenters. The van der Waals surface area contributed by atoms with E-state index in [2.05, 4.69) is 10.1 Å². The topological polar surface area (TPSA) is 92.7 Å². The Morgan fingerprint density at radius 3 is 2.48 bits per heavy atom. The van der Waals surface area contributed by atoms with Crippen LogP contribution in [0.15, 0.2) is 30.4 Å². The molecule has 7 heteroatoms. The normalized spacial score (nSPS) is 19.9. The zero-order chi connectivity index (χ0) is 17.0. The Morgan fingerprint density at radius 2 is 1.87 bits per heavy atom. The molecule has 0 saturated carbocycles. The molecule has 0 fully saturated rings. The minimum atomic E-state index is -1.01. The van der Waals surface area contributed by atoms with Gasteiger partial charge < -0.3 is 15.2 Å². The summed E-state index contributed by atoms with van der Waals surface area (Å²) < 4.78 is 4.62. The largest absolute Gasteiger partial charge is 0.481 e. The smallest absolute Gasteiger partial charge is 0.337 e. The first kappa shape index (κ1) is 17.0. The van der Waals surface area contributed by atoms with Crippen molar-refractivity contribution >= 4 is 35.1 Å². The van der Waals surface area contributed by atoms with Crippen LogP contribution in [-0.4, -0.2) is 30.1 Å². The second-order valence-corrected chi connectivity index (χ2v) is 5.58. The number of amides is 1. The van der Waals surface area contributed by atoms with Crippen LogP contribution in [-0.2, 0) is 14.3 Å². The van der Waals surface area contributed by atoms with Crippen molar-refractivity contribution in [3.05, 3.63) is 40.9 Å². The van der Waals surface area contributed by atoms with Crippen LogP contribution in [0.25, 0.3) is 0 Å². The van der Waals surface area contributed by atoms with Crippen LogP contribution >= 0.6 is 11.6 Å². The lowest BCUT2D eigenvalue weighted by Crippen LogP contribution is -2.34. The molecule has 0 saturated heterocycles. The van der Waals surface area contributed by atoms with Crippen molar-refractivity contribution in [2.45, 2.75) is 12.8 Å². The van der Waals surface area contributed by atoms with Crippen molar-refractivity contribution in [2.24, 2.45) is 11.8 Å². The van der Waals surface area contributed by atoms with Gasteiger partial charge in [-0.05, 0) is 31.0 Å². The standard InChI is InChI=1S/C16H16ClNO5/c1-23-16(22)9-6-7-12(17)13(8-9)18-14(19)10-4-2-3-5-11(10)15(20)21/h2-3,6-8,10-11H,4-5H2,1H3,(H,18,19)(H,20,21)/t10-,11+/m0/s1. The number of benzene rings is 1. The molecule has 2 atom stereocenters. The number of nitrogens with one attached hydrogen (secondary N) is 1. The van der Waals surface area contributed by atoms with Gasteiger partial charge in [0.1, 0.15) is 0 Å². The summed E-state index contributed by atoms with van der Waals surface area (Å²) in [5.74, 6) is -3.46. The number of rotatable bonds is 4. The molecule has 1 aliphatic rings. The highest BCUT2D eigenvalue weighted by molar-refractivity contribution is 6.33. The number of carbonyl (C=O) groups excluding carboxylic acids is 2. The SMILES string of the molecule is COC(=O)c1ccc(Cl)c(NC(=O)[C@H]2CC=CC[C@H]2C(=O)O)c1. The zero-order valence-corrected chi connectivity index (χ0v) is 13.2. The lowest BCUT2D eigenvalue weighted by Gasteiger charge is -2.24. The Kier molecular flexibility index (Phi) is 5.39. The molecule has 2 rings (SSSR count). The van der Waals surface area contributed by atoms with E-state index in [4.69, 9.17) is 11.6 Å². The maximum Gasteiger partial charge on any atom is 0.337 e.